The van der Waals surface area contributed by atoms with Crippen LogP contribution < -0.4 is 10.1 Å². The first kappa shape index (κ1) is 23.8. The summed E-state index contributed by atoms with van der Waals surface area (Å²) in [5.74, 6) is 1.35. The number of thiophene rings is 1. The summed E-state index contributed by atoms with van der Waals surface area (Å²) >= 11 is 1.67. The van der Waals surface area contributed by atoms with Gasteiger partial charge in [0.05, 0.1) is 7.11 Å². The number of para-hydroxylation sites is 1. The lowest BCUT2D eigenvalue weighted by Crippen LogP contribution is -2.56. The lowest BCUT2D eigenvalue weighted by atomic mass is 9.73. The summed E-state index contributed by atoms with van der Waals surface area (Å²) in [5.41, 5.74) is 0.400. The maximum Gasteiger partial charge on any atom is 0.325 e. The van der Waals surface area contributed by atoms with Crippen LogP contribution in [0.1, 0.15) is 43.6 Å². The second kappa shape index (κ2) is 10.3. The molecule has 2 saturated heterocycles. The summed E-state index contributed by atoms with van der Waals surface area (Å²) in [5, 5.41) is 5.21. The molecule has 2 aliphatic rings. The minimum absolute atomic E-state index is 0.0269. The fraction of sp³-hybridized carbons (Fsp3) is 0.538. The number of ether oxygens (including phenoxy) is 1. The van der Waals surface area contributed by atoms with Crippen molar-refractivity contribution in [3.8, 4) is 5.75 Å². The Kier molecular flexibility index (Phi) is 7.39. The third-order valence-corrected chi connectivity index (χ3v) is 7.90. The minimum atomic E-state index is -0.781. The van der Waals surface area contributed by atoms with Crippen molar-refractivity contribution in [1.82, 2.24) is 15.1 Å². The summed E-state index contributed by atoms with van der Waals surface area (Å²) in [6, 6.07) is 12.0. The van der Waals surface area contributed by atoms with Crippen LogP contribution in [0.2, 0.25) is 0 Å². The molecule has 6 nitrogen and oxygen atoms in total. The van der Waals surface area contributed by atoms with Crippen LogP contribution in [0.15, 0.2) is 41.8 Å². The van der Waals surface area contributed by atoms with Crippen LogP contribution in [-0.2, 0) is 17.8 Å². The number of piperidine rings is 1. The molecule has 4 rings (SSSR count). The lowest BCUT2D eigenvalue weighted by molar-refractivity contribution is -0.134. The Labute approximate surface area is 200 Å². The molecule has 1 aromatic heterocycles. The highest BCUT2D eigenvalue weighted by Crippen LogP contribution is 2.38. The van der Waals surface area contributed by atoms with Crippen LogP contribution in [0, 0.1) is 11.8 Å². The van der Waals surface area contributed by atoms with Crippen LogP contribution in [0.3, 0.4) is 0 Å². The number of carbonyl (C=O) groups is 2. The highest BCUT2D eigenvalue weighted by atomic mass is 32.1. The molecule has 178 valence electrons. The zero-order valence-electron chi connectivity index (χ0n) is 19.9. The summed E-state index contributed by atoms with van der Waals surface area (Å²) in [6.45, 7) is 7.35. The molecule has 3 amide bonds. The average Bonchev–Trinajstić information content (AvgIpc) is 3.40. The second-order valence-corrected chi connectivity index (χ2v) is 10.7. The molecule has 0 radical (unpaired) electrons. The van der Waals surface area contributed by atoms with E-state index in [9.17, 15) is 9.59 Å². The van der Waals surface area contributed by atoms with Crippen molar-refractivity contribution < 1.29 is 14.3 Å². The van der Waals surface area contributed by atoms with Gasteiger partial charge in [0, 0.05) is 23.5 Å². The van der Waals surface area contributed by atoms with E-state index >= 15 is 0 Å². The Bertz CT molecular complexity index is 953. The van der Waals surface area contributed by atoms with E-state index in [4.69, 9.17) is 4.74 Å². The molecule has 2 fully saturated rings. The normalized spacial score (nSPS) is 22.2. The standard InChI is InChI=1S/C26H35N3O3S/c1-19(2)17-26(24(30)29(25(31)27-26)15-12-22-8-6-16-33-22)21-10-13-28(14-11-21)18-20-7-4-5-9-23(20)32-3/h4-9,16,19,21H,10-15,17-18H2,1-3H3,(H,27,31)/t26-/m0/s1. The number of urea groups is 1. The van der Waals surface area contributed by atoms with Crippen molar-refractivity contribution in [3.05, 3.63) is 52.2 Å². The molecule has 3 heterocycles. The SMILES string of the molecule is COc1ccccc1CN1CCC([C@]2(CC(C)C)NC(=O)N(CCc3cccs3)C2=O)CC1. The van der Waals surface area contributed by atoms with Gasteiger partial charge in [-0.3, -0.25) is 14.6 Å². The molecular formula is C26H35N3O3S. The topological polar surface area (TPSA) is 61.9 Å². The van der Waals surface area contributed by atoms with Gasteiger partial charge in [-0.05, 0) is 68.1 Å². The van der Waals surface area contributed by atoms with Crippen LogP contribution in [0.4, 0.5) is 4.79 Å². The quantitative estimate of drug-likeness (QED) is 0.548. The maximum atomic E-state index is 13.7. The van der Waals surface area contributed by atoms with Gasteiger partial charge in [0.15, 0.2) is 0 Å². The fourth-order valence-corrected chi connectivity index (χ4v) is 6.11. The second-order valence-electron chi connectivity index (χ2n) is 9.65. The first-order valence-corrected chi connectivity index (χ1v) is 12.8. The number of nitrogens with zero attached hydrogens (tertiary/aromatic N) is 2. The number of likely N-dealkylation sites (tertiary alicyclic amines) is 1. The number of imide groups is 1. The zero-order valence-corrected chi connectivity index (χ0v) is 20.7. The summed E-state index contributed by atoms with van der Waals surface area (Å²) in [4.78, 5) is 31.7. The van der Waals surface area contributed by atoms with Gasteiger partial charge < -0.3 is 10.1 Å². The average molecular weight is 470 g/mol. The monoisotopic (exact) mass is 469 g/mol. The molecule has 33 heavy (non-hydrogen) atoms. The molecule has 0 unspecified atom stereocenters. The maximum absolute atomic E-state index is 13.7. The Morgan fingerprint density at radius 3 is 2.58 bits per heavy atom. The summed E-state index contributed by atoms with van der Waals surface area (Å²) in [7, 11) is 1.71. The molecule has 0 bridgehead atoms. The van der Waals surface area contributed by atoms with E-state index in [0.29, 0.717) is 25.3 Å². The van der Waals surface area contributed by atoms with E-state index in [-0.39, 0.29) is 17.9 Å². The number of nitrogens with one attached hydrogen (secondary N) is 1. The van der Waals surface area contributed by atoms with Gasteiger partial charge in [0.2, 0.25) is 0 Å². The molecule has 7 heteroatoms. The molecule has 1 aromatic carbocycles. The number of methoxy groups -OCH3 is 1. The fourth-order valence-electron chi connectivity index (χ4n) is 5.41. The van der Waals surface area contributed by atoms with Crippen molar-refractivity contribution in [3.63, 3.8) is 0 Å². The highest BCUT2D eigenvalue weighted by Gasteiger charge is 2.55. The first-order chi connectivity index (χ1) is 15.9. The van der Waals surface area contributed by atoms with E-state index in [1.807, 2.05) is 29.6 Å². The number of hydrogen-bond acceptors (Lipinski definition) is 5. The molecule has 2 aromatic rings. The van der Waals surface area contributed by atoms with E-state index in [1.54, 1.807) is 18.4 Å². The molecule has 0 spiro atoms. The predicted octanol–water partition coefficient (Wildman–Crippen LogP) is 4.55. The molecule has 0 aliphatic carbocycles. The minimum Gasteiger partial charge on any atom is -0.496 e. The van der Waals surface area contributed by atoms with Gasteiger partial charge in [-0.25, -0.2) is 4.79 Å². The summed E-state index contributed by atoms with van der Waals surface area (Å²) in [6.07, 6.45) is 3.19. The van der Waals surface area contributed by atoms with Gasteiger partial charge in [0.1, 0.15) is 11.3 Å². The molecular weight excluding hydrogens is 434 g/mol. The number of carbonyl (C=O) groups excluding carboxylic acids is 2. The van der Waals surface area contributed by atoms with Crippen molar-refractivity contribution in [2.75, 3.05) is 26.7 Å². The van der Waals surface area contributed by atoms with Gasteiger partial charge in [0.25, 0.3) is 5.91 Å². The van der Waals surface area contributed by atoms with Crippen LogP contribution in [-0.4, -0.2) is 54.0 Å². The van der Waals surface area contributed by atoms with E-state index in [1.165, 1.54) is 15.3 Å². The van der Waals surface area contributed by atoms with Crippen molar-refractivity contribution >= 4 is 23.3 Å². The van der Waals surface area contributed by atoms with Gasteiger partial charge in [-0.15, -0.1) is 11.3 Å². The number of benzene rings is 1. The van der Waals surface area contributed by atoms with Crippen LogP contribution >= 0.6 is 11.3 Å². The molecule has 0 saturated carbocycles. The number of rotatable bonds is 9. The third kappa shape index (κ3) is 5.09. The molecule has 2 aliphatic heterocycles. The lowest BCUT2D eigenvalue weighted by Gasteiger charge is -2.41. The smallest absolute Gasteiger partial charge is 0.325 e. The van der Waals surface area contributed by atoms with E-state index in [0.717, 1.165) is 38.2 Å². The van der Waals surface area contributed by atoms with E-state index in [2.05, 4.69) is 36.2 Å². The Hall–Kier alpha value is -2.38. The van der Waals surface area contributed by atoms with Crippen molar-refractivity contribution in [2.45, 2.75) is 51.6 Å². The molecule has 1 N–H and O–H groups in total. The van der Waals surface area contributed by atoms with Gasteiger partial charge in [-0.1, -0.05) is 38.1 Å². The summed E-state index contributed by atoms with van der Waals surface area (Å²) < 4.78 is 5.51. The highest BCUT2D eigenvalue weighted by molar-refractivity contribution is 7.09. The molecule has 1 atom stereocenters. The number of hydrogen-bond donors (Lipinski definition) is 1. The van der Waals surface area contributed by atoms with E-state index < -0.39 is 5.54 Å². The number of amides is 3. The Balaban J connectivity index is 1.44. The largest absolute Gasteiger partial charge is 0.496 e. The Morgan fingerprint density at radius 1 is 1.15 bits per heavy atom. The predicted molar refractivity (Wildman–Crippen MR) is 131 cm³/mol. The Morgan fingerprint density at radius 2 is 1.91 bits per heavy atom. The zero-order chi connectivity index (χ0) is 23.4. The van der Waals surface area contributed by atoms with Crippen LogP contribution in [0.5, 0.6) is 5.75 Å². The van der Waals surface area contributed by atoms with Crippen molar-refractivity contribution in [2.24, 2.45) is 11.8 Å². The van der Waals surface area contributed by atoms with Crippen LogP contribution in [0.25, 0.3) is 0 Å². The van der Waals surface area contributed by atoms with Gasteiger partial charge in [-0.2, -0.15) is 0 Å². The van der Waals surface area contributed by atoms with Crippen molar-refractivity contribution in [1.29, 1.82) is 0 Å². The third-order valence-electron chi connectivity index (χ3n) is 6.97. The first-order valence-electron chi connectivity index (χ1n) is 11.9. The van der Waals surface area contributed by atoms with Gasteiger partial charge >= 0.3 is 6.03 Å².